The van der Waals surface area contributed by atoms with Crippen molar-refractivity contribution in [3.8, 4) is 0 Å². The fourth-order valence-electron chi connectivity index (χ4n) is 3.11. The second-order valence-corrected chi connectivity index (χ2v) is 5.19. The molecule has 0 amide bonds. The van der Waals surface area contributed by atoms with Crippen molar-refractivity contribution >= 4 is 5.97 Å². The zero-order chi connectivity index (χ0) is 13.0. The monoisotopic (exact) mass is 239 g/mol. The summed E-state index contributed by atoms with van der Waals surface area (Å²) in [4.78, 5) is 13.6. The molecule has 0 aromatic carbocycles. The van der Waals surface area contributed by atoms with Gasteiger partial charge in [0, 0.05) is 0 Å². The van der Waals surface area contributed by atoms with E-state index in [1.807, 2.05) is 13.8 Å². The third-order valence-electron chi connectivity index (χ3n) is 3.73. The zero-order valence-corrected chi connectivity index (χ0v) is 11.4. The minimum absolute atomic E-state index is 0.257. The Labute approximate surface area is 105 Å². The molecular formula is C14H25NO2. The van der Waals surface area contributed by atoms with Gasteiger partial charge in [0.05, 0.1) is 0 Å². The number of carboxylic acid groups (broad SMARTS) is 1. The van der Waals surface area contributed by atoms with Crippen LogP contribution in [0.4, 0.5) is 0 Å². The van der Waals surface area contributed by atoms with Gasteiger partial charge in [0.15, 0.2) is 0 Å². The molecule has 0 bridgehead atoms. The van der Waals surface area contributed by atoms with Crippen molar-refractivity contribution in [2.75, 3.05) is 13.1 Å². The first-order valence-electron chi connectivity index (χ1n) is 6.63. The first kappa shape index (κ1) is 14.2. The molecule has 3 unspecified atom stereocenters. The summed E-state index contributed by atoms with van der Waals surface area (Å²) >= 11 is 0. The Balaban J connectivity index is 2.85. The molecule has 1 aliphatic carbocycles. The largest absolute Gasteiger partial charge is 0.480 e. The third-order valence-corrected chi connectivity index (χ3v) is 3.73. The number of rotatable bonds is 5. The summed E-state index contributed by atoms with van der Waals surface area (Å²) in [5, 5.41) is 9.47. The van der Waals surface area contributed by atoms with Gasteiger partial charge in [0.1, 0.15) is 6.04 Å². The van der Waals surface area contributed by atoms with Crippen molar-refractivity contribution in [3.05, 3.63) is 11.6 Å². The highest BCUT2D eigenvalue weighted by Crippen LogP contribution is 2.32. The molecule has 0 fully saturated rings. The molecule has 0 aromatic rings. The summed E-state index contributed by atoms with van der Waals surface area (Å²) in [5.41, 5.74) is 1.34. The number of carbonyl (C=O) groups is 1. The molecule has 0 radical (unpaired) electrons. The van der Waals surface area contributed by atoms with Crippen molar-refractivity contribution in [2.24, 2.45) is 11.8 Å². The molecule has 0 aromatic heterocycles. The van der Waals surface area contributed by atoms with Crippen LogP contribution >= 0.6 is 0 Å². The highest BCUT2D eigenvalue weighted by atomic mass is 16.4. The lowest BCUT2D eigenvalue weighted by Gasteiger charge is -2.36. The highest BCUT2D eigenvalue weighted by molar-refractivity contribution is 5.74. The molecule has 0 saturated carbocycles. The van der Waals surface area contributed by atoms with Gasteiger partial charge in [-0.25, -0.2) is 0 Å². The number of aliphatic carboxylic acids is 1. The van der Waals surface area contributed by atoms with Gasteiger partial charge in [-0.05, 0) is 44.7 Å². The lowest BCUT2D eigenvalue weighted by atomic mass is 9.79. The molecule has 98 valence electrons. The summed E-state index contributed by atoms with van der Waals surface area (Å²) in [7, 11) is 0. The number of likely N-dealkylation sites (N-methyl/N-ethyl adjacent to an activating group) is 1. The maximum atomic E-state index is 11.5. The molecular weight excluding hydrogens is 214 g/mol. The van der Waals surface area contributed by atoms with Crippen LogP contribution < -0.4 is 0 Å². The van der Waals surface area contributed by atoms with Crippen LogP contribution in [0, 0.1) is 11.8 Å². The van der Waals surface area contributed by atoms with Gasteiger partial charge in [-0.15, -0.1) is 0 Å². The maximum Gasteiger partial charge on any atom is 0.321 e. The van der Waals surface area contributed by atoms with Crippen LogP contribution in [0.5, 0.6) is 0 Å². The fourth-order valence-corrected chi connectivity index (χ4v) is 3.11. The molecule has 0 saturated heterocycles. The summed E-state index contributed by atoms with van der Waals surface area (Å²) in [6.45, 7) is 9.98. The van der Waals surface area contributed by atoms with E-state index in [9.17, 15) is 9.90 Å². The lowest BCUT2D eigenvalue weighted by Crippen LogP contribution is -2.47. The number of nitrogens with zero attached hydrogens (tertiary/aromatic N) is 1. The van der Waals surface area contributed by atoms with Gasteiger partial charge >= 0.3 is 5.97 Å². The Hall–Kier alpha value is -0.830. The van der Waals surface area contributed by atoms with E-state index in [1.165, 1.54) is 5.57 Å². The van der Waals surface area contributed by atoms with Gasteiger partial charge < -0.3 is 5.11 Å². The molecule has 0 aliphatic heterocycles. The lowest BCUT2D eigenvalue weighted by molar-refractivity contribution is -0.145. The van der Waals surface area contributed by atoms with E-state index in [2.05, 4.69) is 24.8 Å². The van der Waals surface area contributed by atoms with Crippen LogP contribution in [0.1, 0.15) is 40.5 Å². The quantitative estimate of drug-likeness (QED) is 0.750. The predicted molar refractivity (Wildman–Crippen MR) is 70.0 cm³/mol. The third kappa shape index (κ3) is 3.56. The minimum atomic E-state index is -0.666. The molecule has 0 spiro atoms. The number of hydrogen-bond donors (Lipinski definition) is 1. The summed E-state index contributed by atoms with van der Waals surface area (Å²) in [5.74, 6) is 0.0964. The Bertz CT molecular complexity index is 295. The molecule has 1 aliphatic rings. The maximum absolute atomic E-state index is 11.5. The minimum Gasteiger partial charge on any atom is -0.480 e. The Kier molecular flexibility index (Phi) is 5.19. The highest BCUT2D eigenvalue weighted by Gasteiger charge is 2.34. The van der Waals surface area contributed by atoms with Crippen LogP contribution in [0.15, 0.2) is 11.6 Å². The topological polar surface area (TPSA) is 40.5 Å². The smallest absolute Gasteiger partial charge is 0.321 e. The van der Waals surface area contributed by atoms with Gasteiger partial charge in [0.2, 0.25) is 0 Å². The van der Waals surface area contributed by atoms with Crippen molar-refractivity contribution in [1.82, 2.24) is 4.90 Å². The molecule has 1 N–H and O–H groups in total. The Morgan fingerprint density at radius 1 is 1.53 bits per heavy atom. The average Bonchev–Trinajstić information content (AvgIpc) is 2.23. The summed E-state index contributed by atoms with van der Waals surface area (Å²) in [6.07, 6.45) is 4.19. The second kappa shape index (κ2) is 6.20. The second-order valence-electron chi connectivity index (χ2n) is 5.19. The van der Waals surface area contributed by atoms with Crippen molar-refractivity contribution in [2.45, 2.75) is 46.6 Å². The standard InChI is InChI=1S/C14H25NO2/c1-5-15(6-2)13(14(16)17)12-8-10(3)7-11(4)9-12/h7,10,12-13H,5-6,8-9H2,1-4H3,(H,16,17). The van der Waals surface area contributed by atoms with E-state index in [-0.39, 0.29) is 12.0 Å². The van der Waals surface area contributed by atoms with Crippen LogP contribution in [0.3, 0.4) is 0 Å². The van der Waals surface area contributed by atoms with E-state index in [0.29, 0.717) is 5.92 Å². The van der Waals surface area contributed by atoms with Crippen LogP contribution in [0.2, 0.25) is 0 Å². The van der Waals surface area contributed by atoms with Gasteiger partial charge in [-0.3, -0.25) is 9.69 Å². The van der Waals surface area contributed by atoms with Gasteiger partial charge in [0.25, 0.3) is 0 Å². The van der Waals surface area contributed by atoms with Gasteiger partial charge in [-0.2, -0.15) is 0 Å². The van der Waals surface area contributed by atoms with E-state index < -0.39 is 5.97 Å². The van der Waals surface area contributed by atoms with Gasteiger partial charge in [-0.1, -0.05) is 32.4 Å². The molecule has 17 heavy (non-hydrogen) atoms. The van der Waals surface area contributed by atoms with Crippen molar-refractivity contribution < 1.29 is 9.90 Å². The van der Waals surface area contributed by atoms with E-state index in [0.717, 1.165) is 25.9 Å². The van der Waals surface area contributed by atoms with Crippen molar-refractivity contribution in [1.29, 1.82) is 0 Å². The Morgan fingerprint density at radius 3 is 2.53 bits per heavy atom. The number of hydrogen-bond acceptors (Lipinski definition) is 2. The van der Waals surface area contributed by atoms with Crippen LogP contribution in [-0.4, -0.2) is 35.1 Å². The normalized spacial score (nSPS) is 26.8. The van der Waals surface area contributed by atoms with E-state index in [4.69, 9.17) is 0 Å². The molecule has 0 heterocycles. The summed E-state index contributed by atoms with van der Waals surface area (Å²) in [6, 6.07) is -0.323. The van der Waals surface area contributed by atoms with Crippen molar-refractivity contribution in [3.63, 3.8) is 0 Å². The van der Waals surface area contributed by atoms with Crippen LogP contribution in [-0.2, 0) is 4.79 Å². The first-order valence-corrected chi connectivity index (χ1v) is 6.63. The zero-order valence-electron chi connectivity index (χ0n) is 11.4. The Morgan fingerprint density at radius 2 is 2.12 bits per heavy atom. The summed E-state index contributed by atoms with van der Waals surface area (Å²) < 4.78 is 0. The average molecular weight is 239 g/mol. The number of allylic oxidation sites excluding steroid dienone is 2. The van der Waals surface area contributed by atoms with Crippen LogP contribution in [0.25, 0.3) is 0 Å². The fraction of sp³-hybridized carbons (Fsp3) is 0.786. The SMILES string of the molecule is CCN(CC)C(C(=O)O)C1CC(C)=CC(C)C1. The molecule has 3 nitrogen and oxygen atoms in total. The van der Waals surface area contributed by atoms with E-state index >= 15 is 0 Å². The molecule has 3 heteroatoms. The predicted octanol–water partition coefficient (Wildman–Crippen LogP) is 2.77. The number of carboxylic acids is 1. The molecule has 1 rings (SSSR count). The first-order chi connectivity index (χ1) is 7.99. The van der Waals surface area contributed by atoms with E-state index in [1.54, 1.807) is 0 Å². The molecule has 3 atom stereocenters.